The van der Waals surface area contributed by atoms with Crippen LogP contribution in [0.15, 0.2) is 48.5 Å². The molecule has 10 nitrogen and oxygen atoms in total. The molecule has 1 N–H and O–H groups in total. The highest BCUT2D eigenvalue weighted by Crippen LogP contribution is 2.28. The first-order valence-electron chi connectivity index (χ1n) is 12.6. The predicted molar refractivity (Wildman–Crippen MR) is 137 cm³/mol. The Hall–Kier alpha value is -4.19. The summed E-state index contributed by atoms with van der Waals surface area (Å²) >= 11 is 0. The molecule has 0 unspecified atom stereocenters. The van der Waals surface area contributed by atoms with E-state index in [1.807, 2.05) is 9.80 Å². The van der Waals surface area contributed by atoms with Gasteiger partial charge in [0, 0.05) is 37.4 Å². The van der Waals surface area contributed by atoms with E-state index in [9.17, 15) is 13.6 Å². The Balaban J connectivity index is 1.37. The lowest BCUT2D eigenvalue weighted by Crippen LogP contribution is -2.37. The maximum atomic E-state index is 14.0. The number of alkyl halides is 2. The second-order valence-electron chi connectivity index (χ2n) is 9.15. The number of rotatable bonds is 6. The van der Waals surface area contributed by atoms with Gasteiger partial charge in [-0.2, -0.15) is 15.0 Å². The van der Waals surface area contributed by atoms with Gasteiger partial charge < -0.3 is 19.9 Å². The number of ether oxygens (including phenoxy) is 1. The number of anilines is 3. The smallest absolute Gasteiger partial charge is 0.296 e. The van der Waals surface area contributed by atoms with Crippen molar-refractivity contribution in [2.24, 2.45) is 0 Å². The van der Waals surface area contributed by atoms with Crippen LogP contribution in [0.25, 0.3) is 17.0 Å². The Morgan fingerprint density at radius 2 is 1.58 bits per heavy atom. The monoisotopic (exact) mass is 520 g/mol. The quantitative estimate of drug-likeness (QED) is 0.408. The van der Waals surface area contributed by atoms with Crippen molar-refractivity contribution >= 4 is 34.5 Å². The highest BCUT2D eigenvalue weighted by atomic mass is 19.3. The van der Waals surface area contributed by atoms with Crippen molar-refractivity contribution in [1.82, 2.24) is 29.4 Å². The van der Waals surface area contributed by atoms with Gasteiger partial charge in [0.25, 0.3) is 12.3 Å². The number of nitrogens with one attached hydrogen (secondary N) is 1. The molecule has 2 aromatic heterocycles. The van der Waals surface area contributed by atoms with Crippen LogP contribution in [0.3, 0.4) is 0 Å². The fourth-order valence-corrected chi connectivity index (χ4v) is 4.74. The molecule has 196 valence electrons. The van der Waals surface area contributed by atoms with E-state index in [0.717, 1.165) is 25.9 Å². The number of nitrogens with zero attached hydrogens (tertiary/aromatic N) is 7. The number of hydrogen-bond acceptors (Lipinski definition) is 8. The number of fused-ring (bicyclic) bond motifs is 1. The average molecular weight is 521 g/mol. The van der Waals surface area contributed by atoms with Crippen molar-refractivity contribution in [1.29, 1.82) is 0 Å². The molecule has 0 atom stereocenters. The number of carbonyl (C=O) groups is 1. The first kappa shape index (κ1) is 24.2. The minimum absolute atomic E-state index is 0.0117. The van der Waals surface area contributed by atoms with Crippen LogP contribution in [0, 0.1) is 0 Å². The highest BCUT2D eigenvalue weighted by Gasteiger charge is 2.25. The van der Waals surface area contributed by atoms with Crippen LogP contribution < -0.4 is 10.2 Å². The topological polar surface area (TPSA) is 101 Å². The van der Waals surface area contributed by atoms with E-state index in [1.165, 1.54) is 4.57 Å². The van der Waals surface area contributed by atoms with E-state index in [2.05, 4.69) is 25.3 Å². The summed E-state index contributed by atoms with van der Waals surface area (Å²) in [5.41, 5.74) is 2.15. The molecule has 4 aromatic rings. The molecular formula is C26H26F2N8O2. The Bertz CT molecular complexity index is 1450. The summed E-state index contributed by atoms with van der Waals surface area (Å²) < 4.78 is 34.8. The summed E-state index contributed by atoms with van der Waals surface area (Å²) in [6, 6.07) is 13.9. The van der Waals surface area contributed by atoms with Crippen LogP contribution in [0.2, 0.25) is 0 Å². The van der Waals surface area contributed by atoms with Gasteiger partial charge in [0.05, 0.1) is 24.2 Å². The molecule has 0 bridgehead atoms. The van der Waals surface area contributed by atoms with Gasteiger partial charge in [-0.15, -0.1) is 0 Å². The number of halogens is 2. The zero-order valence-corrected chi connectivity index (χ0v) is 20.6. The van der Waals surface area contributed by atoms with Crippen molar-refractivity contribution in [3.8, 4) is 5.95 Å². The molecule has 0 radical (unpaired) electrons. The van der Waals surface area contributed by atoms with E-state index in [1.54, 1.807) is 48.5 Å². The molecule has 2 fully saturated rings. The van der Waals surface area contributed by atoms with Gasteiger partial charge in [-0.25, -0.2) is 13.8 Å². The van der Waals surface area contributed by atoms with Gasteiger partial charge in [-0.3, -0.25) is 9.36 Å². The molecule has 2 saturated heterocycles. The first-order chi connectivity index (χ1) is 18.6. The fraction of sp³-hybridized carbons (Fsp3) is 0.346. The minimum atomic E-state index is -2.83. The van der Waals surface area contributed by atoms with Crippen LogP contribution in [0.5, 0.6) is 0 Å². The minimum Gasteiger partial charge on any atom is -0.378 e. The van der Waals surface area contributed by atoms with E-state index in [0.29, 0.717) is 54.5 Å². The maximum absolute atomic E-state index is 14.0. The normalized spacial score (nSPS) is 16.0. The third kappa shape index (κ3) is 4.74. The molecule has 0 aliphatic carbocycles. The summed E-state index contributed by atoms with van der Waals surface area (Å²) in [5.74, 6) is 0.139. The van der Waals surface area contributed by atoms with Crippen molar-refractivity contribution < 1.29 is 18.3 Å². The third-order valence-corrected chi connectivity index (χ3v) is 6.67. The average Bonchev–Trinajstić information content (AvgIpc) is 3.62. The second kappa shape index (κ2) is 10.3. The molecule has 0 saturated carbocycles. The van der Waals surface area contributed by atoms with Gasteiger partial charge in [0.15, 0.2) is 5.82 Å². The zero-order valence-electron chi connectivity index (χ0n) is 20.6. The second-order valence-corrected chi connectivity index (χ2v) is 9.15. The molecular weight excluding hydrogens is 494 g/mol. The van der Waals surface area contributed by atoms with E-state index >= 15 is 0 Å². The lowest BCUT2D eigenvalue weighted by Gasteiger charge is -2.27. The molecule has 6 rings (SSSR count). The standard InChI is InChI=1S/C26H26F2N8O2/c27-21(28)22-30-19-5-1-2-6-20(19)36(22)26-32-24(31-25(33-26)35-13-15-38-16-14-35)29-18-9-7-17(8-10-18)23(37)34-11-3-4-12-34/h1-2,5-10,21H,3-4,11-16H2,(H,29,31,32,33). The highest BCUT2D eigenvalue weighted by molar-refractivity contribution is 5.94. The summed E-state index contributed by atoms with van der Waals surface area (Å²) in [6.45, 7) is 3.69. The first-order valence-corrected chi connectivity index (χ1v) is 12.6. The van der Waals surface area contributed by atoms with Crippen LogP contribution in [-0.4, -0.2) is 74.7 Å². The molecule has 2 aliphatic rings. The Labute approximate surface area is 217 Å². The van der Waals surface area contributed by atoms with Crippen LogP contribution in [0.4, 0.5) is 26.4 Å². The fourth-order valence-electron chi connectivity index (χ4n) is 4.74. The molecule has 1 amide bonds. The van der Waals surface area contributed by atoms with Crippen molar-refractivity contribution in [3.63, 3.8) is 0 Å². The lowest BCUT2D eigenvalue weighted by atomic mass is 10.2. The van der Waals surface area contributed by atoms with Crippen molar-refractivity contribution in [2.75, 3.05) is 49.6 Å². The number of para-hydroxylation sites is 2. The number of benzene rings is 2. The number of amides is 1. The SMILES string of the molecule is O=C(c1ccc(Nc2nc(N3CCOCC3)nc(-n3c(C(F)F)nc4ccccc43)n2)cc1)N1CCCC1. The number of likely N-dealkylation sites (tertiary alicyclic amines) is 1. The maximum Gasteiger partial charge on any atom is 0.296 e. The van der Waals surface area contributed by atoms with Crippen LogP contribution >= 0.6 is 0 Å². The summed E-state index contributed by atoms with van der Waals surface area (Å²) in [5, 5.41) is 3.15. The Morgan fingerprint density at radius 3 is 2.32 bits per heavy atom. The van der Waals surface area contributed by atoms with E-state index < -0.39 is 12.2 Å². The molecule has 12 heteroatoms. The Kier molecular flexibility index (Phi) is 6.54. The number of morpholine rings is 1. The molecule has 2 aromatic carbocycles. The number of imidazole rings is 1. The summed E-state index contributed by atoms with van der Waals surface area (Å²) in [7, 11) is 0. The van der Waals surface area contributed by atoms with Gasteiger partial charge >= 0.3 is 0 Å². The number of hydrogen-bond donors (Lipinski definition) is 1. The van der Waals surface area contributed by atoms with Crippen molar-refractivity contribution in [3.05, 3.63) is 59.9 Å². The predicted octanol–water partition coefficient (Wildman–Crippen LogP) is 3.96. The van der Waals surface area contributed by atoms with Crippen LogP contribution in [-0.2, 0) is 4.74 Å². The van der Waals surface area contributed by atoms with E-state index in [-0.39, 0.29) is 17.8 Å². The van der Waals surface area contributed by atoms with Crippen LogP contribution in [0.1, 0.15) is 35.4 Å². The number of carbonyl (C=O) groups excluding carboxylic acids is 1. The molecule has 4 heterocycles. The van der Waals surface area contributed by atoms with E-state index in [4.69, 9.17) is 4.74 Å². The third-order valence-electron chi connectivity index (χ3n) is 6.67. The van der Waals surface area contributed by atoms with Gasteiger partial charge in [-0.1, -0.05) is 12.1 Å². The Morgan fingerprint density at radius 1 is 0.868 bits per heavy atom. The van der Waals surface area contributed by atoms with Crippen molar-refractivity contribution in [2.45, 2.75) is 19.3 Å². The summed E-state index contributed by atoms with van der Waals surface area (Å²) in [6.07, 6.45) is -0.779. The molecule has 0 spiro atoms. The largest absolute Gasteiger partial charge is 0.378 e. The summed E-state index contributed by atoms with van der Waals surface area (Å²) in [4.78, 5) is 34.2. The molecule has 38 heavy (non-hydrogen) atoms. The number of aromatic nitrogens is 5. The zero-order chi connectivity index (χ0) is 26.1. The van der Waals surface area contributed by atoms with Gasteiger partial charge in [0.1, 0.15) is 0 Å². The van der Waals surface area contributed by atoms with Gasteiger partial charge in [0.2, 0.25) is 17.8 Å². The van der Waals surface area contributed by atoms with Gasteiger partial charge in [-0.05, 0) is 49.2 Å². The lowest BCUT2D eigenvalue weighted by molar-refractivity contribution is 0.0793. The molecule has 2 aliphatic heterocycles.